The maximum atomic E-state index is 11.5. The number of rotatable bonds is 5. The number of aliphatic hydroxyl groups is 1. The first kappa shape index (κ1) is 13.6. The van der Waals surface area contributed by atoms with Gasteiger partial charge in [0.2, 0.25) is 0 Å². The Morgan fingerprint density at radius 1 is 1.47 bits per heavy atom. The predicted octanol–water partition coefficient (Wildman–Crippen LogP) is 1.18. The van der Waals surface area contributed by atoms with Crippen LogP contribution >= 0.6 is 0 Å². The van der Waals surface area contributed by atoms with E-state index >= 15 is 0 Å². The molecule has 0 radical (unpaired) electrons. The fourth-order valence-corrected chi connectivity index (χ4v) is 2.10. The number of aromatic nitrogens is 1. The van der Waals surface area contributed by atoms with E-state index in [9.17, 15) is 9.90 Å². The minimum Gasteiger partial charge on any atom is -0.468 e. The summed E-state index contributed by atoms with van der Waals surface area (Å²) in [6.07, 6.45) is 1.07. The molecule has 0 amide bonds. The molecule has 5 heteroatoms. The molecule has 0 spiro atoms. The van der Waals surface area contributed by atoms with Gasteiger partial charge in [-0.25, -0.2) is 0 Å². The number of fused-ring (bicyclic) bond motifs is 1. The van der Waals surface area contributed by atoms with Crippen LogP contribution in [0.5, 0.6) is 0 Å². The van der Waals surface area contributed by atoms with Crippen molar-refractivity contribution in [2.45, 2.75) is 25.6 Å². The molecule has 0 fully saturated rings. The van der Waals surface area contributed by atoms with Crippen molar-refractivity contribution in [3.63, 3.8) is 0 Å². The Morgan fingerprint density at radius 3 is 2.95 bits per heavy atom. The van der Waals surface area contributed by atoms with E-state index in [1.54, 1.807) is 6.92 Å². The van der Waals surface area contributed by atoms with Gasteiger partial charge in [-0.3, -0.25) is 10.1 Å². The van der Waals surface area contributed by atoms with Crippen molar-refractivity contribution in [2.24, 2.45) is 0 Å². The second-order valence-electron chi connectivity index (χ2n) is 4.48. The van der Waals surface area contributed by atoms with Crippen LogP contribution in [0.1, 0.15) is 12.5 Å². The number of esters is 1. The highest BCUT2D eigenvalue weighted by atomic mass is 16.5. The van der Waals surface area contributed by atoms with Crippen molar-refractivity contribution < 1.29 is 14.6 Å². The van der Waals surface area contributed by atoms with Crippen LogP contribution in [0.2, 0.25) is 0 Å². The molecule has 3 N–H and O–H groups in total. The van der Waals surface area contributed by atoms with Gasteiger partial charge in [-0.2, -0.15) is 0 Å². The van der Waals surface area contributed by atoms with E-state index in [-0.39, 0.29) is 0 Å². The third-order valence-corrected chi connectivity index (χ3v) is 3.14. The second kappa shape index (κ2) is 5.86. The Bertz CT molecular complexity index is 563. The van der Waals surface area contributed by atoms with Crippen LogP contribution in [-0.2, 0) is 16.1 Å². The standard InChI is InChI=1S/C14H18N2O3/c1-9(17)13(14(18)19-2)16-8-10-4-3-5-12-11(10)6-7-15-12/h3-7,9,13,15-17H,8H2,1-2H3. The maximum Gasteiger partial charge on any atom is 0.325 e. The van der Waals surface area contributed by atoms with Crippen molar-refractivity contribution in [3.05, 3.63) is 36.0 Å². The van der Waals surface area contributed by atoms with E-state index in [0.717, 1.165) is 16.5 Å². The molecule has 1 heterocycles. The Balaban J connectivity index is 2.12. The molecule has 5 nitrogen and oxygen atoms in total. The van der Waals surface area contributed by atoms with Crippen molar-refractivity contribution in [2.75, 3.05) is 7.11 Å². The topological polar surface area (TPSA) is 74.3 Å². The van der Waals surface area contributed by atoms with Gasteiger partial charge in [0.25, 0.3) is 0 Å². The van der Waals surface area contributed by atoms with E-state index in [2.05, 4.69) is 15.0 Å². The molecule has 2 rings (SSSR count). The number of aliphatic hydroxyl groups excluding tert-OH is 1. The molecule has 0 saturated heterocycles. The molecule has 2 aromatic rings. The maximum absolute atomic E-state index is 11.5. The molecule has 0 aliphatic rings. The Kier molecular flexibility index (Phi) is 4.19. The smallest absolute Gasteiger partial charge is 0.325 e. The van der Waals surface area contributed by atoms with Gasteiger partial charge in [-0.05, 0) is 24.6 Å². The number of carbonyl (C=O) groups is 1. The van der Waals surface area contributed by atoms with Gasteiger partial charge in [0.1, 0.15) is 6.04 Å². The normalized spacial score (nSPS) is 14.3. The number of aromatic amines is 1. The summed E-state index contributed by atoms with van der Waals surface area (Å²) in [4.78, 5) is 14.7. The third-order valence-electron chi connectivity index (χ3n) is 3.14. The summed E-state index contributed by atoms with van der Waals surface area (Å²) in [6.45, 7) is 2.05. The minimum atomic E-state index is -0.808. The number of carbonyl (C=O) groups excluding carboxylic acids is 1. The van der Waals surface area contributed by atoms with Gasteiger partial charge in [-0.1, -0.05) is 12.1 Å². The summed E-state index contributed by atoms with van der Waals surface area (Å²) < 4.78 is 4.67. The quantitative estimate of drug-likeness (QED) is 0.707. The SMILES string of the molecule is COC(=O)C(NCc1cccc2[nH]ccc12)C(C)O. The highest BCUT2D eigenvalue weighted by Gasteiger charge is 2.23. The predicted molar refractivity (Wildman–Crippen MR) is 72.6 cm³/mol. The second-order valence-corrected chi connectivity index (χ2v) is 4.48. The molecule has 2 unspecified atom stereocenters. The van der Waals surface area contributed by atoms with E-state index in [4.69, 9.17) is 0 Å². The number of methoxy groups -OCH3 is 1. The summed E-state index contributed by atoms with van der Waals surface area (Å²) in [5.41, 5.74) is 2.11. The minimum absolute atomic E-state index is 0.462. The van der Waals surface area contributed by atoms with E-state index in [1.165, 1.54) is 7.11 Å². The van der Waals surface area contributed by atoms with Crippen LogP contribution in [0.25, 0.3) is 10.9 Å². The number of hydrogen-bond acceptors (Lipinski definition) is 4. The average molecular weight is 262 g/mol. The van der Waals surface area contributed by atoms with Crippen LogP contribution in [0.15, 0.2) is 30.5 Å². The van der Waals surface area contributed by atoms with Gasteiger partial charge >= 0.3 is 5.97 Å². The van der Waals surface area contributed by atoms with Gasteiger partial charge in [0, 0.05) is 23.6 Å². The summed E-state index contributed by atoms with van der Waals surface area (Å²) in [5.74, 6) is -0.462. The molecule has 0 aliphatic carbocycles. The van der Waals surface area contributed by atoms with Crippen molar-refractivity contribution in [3.8, 4) is 0 Å². The summed E-state index contributed by atoms with van der Waals surface area (Å²) in [7, 11) is 1.31. The molecular weight excluding hydrogens is 244 g/mol. The molecule has 19 heavy (non-hydrogen) atoms. The first-order chi connectivity index (χ1) is 9.13. The van der Waals surface area contributed by atoms with Crippen molar-refractivity contribution >= 4 is 16.9 Å². The molecule has 102 valence electrons. The van der Waals surface area contributed by atoms with Gasteiger partial charge in [0.15, 0.2) is 0 Å². The lowest BCUT2D eigenvalue weighted by atomic mass is 10.1. The van der Waals surface area contributed by atoms with Gasteiger partial charge in [0.05, 0.1) is 13.2 Å². The van der Waals surface area contributed by atoms with Gasteiger partial charge < -0.3 is 14.8 Å². The zero-order valence-electron chi connectivity index (χ0n) is 11.0. The molecular formula is C14H18N2O3. The first-order valence-electron chi connectivity index (χ1n) is 6.17. The average Bonchev–Trinajstić information content (AvgIpc) is 2.87. The number of hydrogen-bond donors (Lipinski definition) is 3. The van der Waals surface area contributed by atoms with Crippen LogP contribution in [0, 0.1) is 0 Å². The van der Waals surface area contributed by atoms with Crippen molar-refractivity contribution in [1.82, 2.24) is 10.3 Å². The van der Waals surface area contributed by atoms with Crippen LogP contribution in [-0.4, -0.2) is 35.3 Å². The lowest BCUT2D eigenvalue weighted by Crippen LogP contribution is -2.45. The molecule has 0 bridgehead atoms. The zero-order chi connectivity index (χ0) is 13.8. The number of benzene rings is 1. The van der Waals surface area contributed by atoms with E-state index in [0.29, 0.717) is 6.54 Å². The van der Waals surface area contributed by atoms with Crippen LogP contribution in [0.4, 0.5) is 0 Å². The Labute approximate surface area is 111 Å². The number of ether oxygens (including phenoxy) is 1. The fourth-order valence-electron chi connectivity index (χ4n) is 2.10. The number of H-pyrrole nitrogens is 1. The highest BCUT2D eigenvalue weighted by molar-refractivity contribution is 5.83. The van der Waals surface area contributed by atoms with E-state index < -0.39 is 18.1 Å². The summed E-state index contributed by atoms with van der Waals surface area (Å²) >= 11 is 0. The summed E-state index contributed by atoms with van der Waals surface area (Å²) in [5, 5.41) is 13.7. The molecule has 1 aromatic heterocycles. The molecule has 1 aromatic carbocycles. The lowest BCUT2D eigenvalue weighted by Gasteiger charge is -2.19. The van der Waals surface area contributed by atoms with Crippen LogP contribution in [0.3, 0.4) is 0 Å². The third kappa shape index (κ3) is 2.94. The number of nitrogens with one attached hydrogen (secondary N) is 2. The Morgan fingerprint density at radius 2 is 2.26 bits per heavy atom. The summed E-state index contributed by atoms with van der Waals surface area (Å²) in [6, 6.07) is 7.19. The van der Waals surface area contributed by atoms with E-state index in [1.807, 2.05) is 30.5 Å². The zero-order valence-corrected chi connectivity index (χ0v) is 11.0. The first-order valence-corrected chi connectivity index (χ1v) is 6.17. The molecule has 0 saturated carbocycles. The molecule has 2 atom stereocenters. The highest BCUT2D eigenvalue weighted by Crippen LogP contribution is 2.17. The van der Waals surface area contributed by atoms with Gasteiger partial charge in [-0.15, -0.1) is 0 Å². The lowest BCUT2D eigenvalue weighted by molar-refractivity contribution is -0.145. The largest absolute Gasteiger partial charge is 0.468 e. The molecule has 0 aliphatic heterocycles. The Hall–Kier alpha value is -1.85. The monoisotopic (exact) mass is 262 g/mol. The van der Waals surface area contributed by atoms with Crippen molar-refractivity contribution in [1.29, 1.82) is 0 Å². The fraction of sp³-hybridized carbons (Fsp3) is 0.357. The van der Waals surface area contributed by atoms with Crippen LogP contribution < -0.4 is 5.32 Å².